The van der Waals surface area contributed by atoms with Crippen LogP contribution in [-0.4, -0.2) is 30.1 Å². The molecule has 1 unspecified atom stereocenters. The summed E-state index contributed by atoms with van der Waals surface area (Å²) in [4.78, 5) is 0. The summed E-state index contributed by atoms with van der Waals surface area (Å²) < 4.78 is 92.7. The molecular weight excluding hydrogens is 493 g/mol. The van der Waals surface area contributed by atoms with Gasteiger partial charge in [0.15, 0.2) is 0 Å². The van der Waals surface area contributed by atoms with Crippen molar-refractivity contribution in [3.63, 3.8) is 0 Å². The molecule has 0 saturated carbocycles. The summed E-state index contributed by atoms with van der Waals surface area (Å²) in [7, 11) is -1.63. The van der Waals surface area contributed by atoms with Crippen LogP contribution in [0.3, 0.4) is 0 Å². The first-order valence-corrected chi connectivity index (χ1v) is 12.0. The molecule has 1 aromatic heterocycles. The number of benzene rings is 1. The lowest BCUT2D eigenvalue weighted by atomic mass is 9.89. The Balaban J connectivity index is 2.03. The lowest BCUT2D eigenvalue weighted by Crippen LogP contribution is -2.27. The van der Waals surface area contributed by atoms with Crippen LogP contribution in [0.2, 0.25) is 0 Å². The van der Waals surface area contributed by atoms with Gasteiger partial charge in [-0.15, -0.1) is 0 Å². The van der Waals surface area contributed by atoms with Gasteiger partial charge in [-0.2, -0.15) is 31.6 Å². The average Bonchev–Trinajstić information content (AvgIpc) is 3.13. The summed E-state index contributed by atoms with van der Waals surface area (Å²) >= 11 is 0. The molecule has 4 nitrogen and oxygen atoms in total. The van der Waals surface area contributed by atoms with E-state index in [2.05, 4.69) is 6.07 Å². The molecule has 0 fully saturated rings. The number of para-hydroxylation sites is 1. The van der Waals surface area contributed by atoms with Crippen LogP contribution < -0.4 is 0 Å². The minimum Gasteiger partial charge on any atom is -0.343 e. The van der Waals surface area contributed by atoms with Gasteiger partial charge in [0.25, 0.3) is 0 Å². The van der Waals surface area contributed by atoms with Crippen LogP contribution in [0.25, 0.3) is 17.0 Å². The van der Waals surface area contributed by atoms with Crippen molar-refractivity contribution in [1.82, 2.24) is 4.57 Å². The molecule has 0 aliphatic heterocycles. The zero-order valence-corrected chi connectivity index (χ0v) is 19.8. The number of alkyl halides is 6. The van der Waals surface area contributed by atoms with Crippen molar-refractivity contribution >= 4 is 25.4 Å². The van der Waals surface area contributed by atoms with Crippen LogP contribution in [0.4, 0.5) is 26.3 Å². The molecule has 3 rings (SSSR count). The van der Waals surface area contributed by atoms with Gasteiger partial charge in [0.1, 0.15) is 11.4 Å². The van der Waals surface area contributed by atoms with Gasteiger partial charge in [0.05, 0.1) is 24.7 Å². The number of halogens is 6. The highest BCUT2D eigenvalue weighted by Crippen LogP contribution is 2.48. The zero-order chi connectivity index (χ0) is 25.8. The zero-order valence-electron chi connectivity index (χ0n) is 19.0. The SMILES string of the molecule is CCOP(OCC)/C(C#N)=C/c1cn(CC2=CC(C(F)(F)F)=CC(C(F)(F)F)C2)c2ccccc12. The summed E-state index contributed by atoms with van der Waals surface area (Å²) in [5, 5.41) is 10.6. The maximum Gasteiger partial charge on any atom is 0.416 e. The first-order valence-electron chi connectivity index (χ1n) is 10.8. The normalized spacial score (nSPS) is 17.5. The van der Waals surface area contributed by atoms with Crippen LogP contribution in [0.1, 0.15) is 25.8 Å². The highest BCUT2D eigenvalue weighted by Gasteiger charge is 2.44. The van der Waals surface area contributed by atoms with Gasteiger partial charge in [-0.25, -0.2) is 0 Å². The first kappa shape index (κ1) is 27.0. The van der Waals surface area contributed by atoms with E-state index in [1.54, 1.807) is 55.0 Å². The van der Waals surface area contributed by atoms with Crippen LogP contribution in [0, 0.1) is 17.2 Å². The van der Waals surface area contributed by atoms with Crippen LogP contribution in [0.5, 0.6) is 0 Å². The number of nitrogens with zero attached hydrogens (tertiary/aromatic N) is 2. The van der Waals surface area contributed by atoms with Gasteiger partial charge >= 0.3 is 12.4 Å². The number of aromatic nitrogens is 1. The fourth-order valence-electron chi connectivity index (χ4n) is 3.81. The van der Waals surface area contributed by atoms with Gasteiger partial charge in [-0.3, -0.25) is 0 Å². The van der Waals surface area contributed by atoms with E-state index < -0.39 is 38.6 Å². The lowest BCUT2D eigenvalue weighted by molar-refractivity contribution is -0.162. The van der Waals surface area contributed by atoms with E-state index in [4.69, 9.17) is 9.05 Å². The van der Waals surface area contributed by atoms with Gasteiger partial charge in [0, 0.05) is 29.2 Å². The van der Waals surface area contributed by atoms with Gasteiger partial charge < -0.3 is 13.6 Å². The molecule has 2 aromatic rings. The summed E-state index contributed by atoms with van der Waals surface area (Å²) in [5.74, 6) is -2.22. The maximum atomic E-state index is 13.3. The standard InChI is InChI=1S/C24H23F6N2O2P/c1-3-33-35(34-4-2)20(13-31)11-17-15-32(22-8-6-5-7-21(17)22)14-16-9-18(23(25,26)27)12-19(10-16)24(28,29)30/h5-9,11-12,15,19H,3-4,10,14H2,1-2H3/b20-11+. The Kier molecular flexibility index (Phi) is 8.47. The van der Waals surface area contributed by atoms with Crippen molar-refractivity contribution in [2.75, 3.05) is 13.2 Å². The number of hydrogen-bond donors (Lipinski definition) is 0. The molecule has 35 heavy (non-hydrogen) atoms. The third kappa shape index (κ3) is 6.54. The minimum absolute atomic E-state index is 0.00447. The fourth-order valence-corrected chi connectivity index (χ4v) is 4.95. The van der Waals surface area contributed by atoms with E-state index in [1.165, 1.54) is 0 Å². The topological polar surface area (TPSA) is 47.2 Å². The molecule has 1 heterocycles. The van der Waals surface area contributed by atoms with Crippen LogP contribution >= 0.6 is 8.38 Å². The molecule has 1 atom stereocenters. The Morgan fingerprint density at radius 3 is 2.37 bits per heavy atom. The maximum absolute atomic E-state index is 13.3. The molecule has 1 aromatic carbocycles. The van der Waals surface area contributed by atoms with E-state index in [0.29, 0.717) is 29.7 Å². The second kappa shape index (κ2) is 11.0. The van der Waals surface area contributed by atoms with Crippen molar-refractivity contribution in [1.29, 1.82) is 5.26 Å². The van der Waals surface area contributed by atoms with Crippen molar-refractivity contribution < 1.29 is 35.4 Å². The third-order valence-electron chi connectivity index (χ3n) is 5.26. The first-order chi connectivity index (χ1) is 16.5. The second-order valence-corrected chi connectivity index (χ2v) is 9.25. The van der Waals surface area contributed by atoms with Crippen LogP contribution in [-0.2, 0) is 15.6 Å². The lowest BCUT2D eigenvalue weighted by Gasteiger charge is -2.25. The molecule has 0 amide bonds. The van der Waals surface area contributed by atoms with Crippen molar-refractivity contribution in [2.24, 2.45) is 5.92 Å². The third-order valence-corrected chi connectivity index (χ3v) is 6.87. The molecule has 0 saturated heterocycles. The van der Waals surface area contributed by atoms with E-state index in [1.807, 2.05) is 0 Å². The number of hydrogen-bond acceptors (Lipinski definition) is 3. The van der Waals surface area contributed by atoms with Crippen LogP contribution in [0.15, 0.2) is 59.1 Å². The molecule has 1 aliphatic carbocycles. The molecular formula is C24H23F6N2O2P. The molecule has 0 spiro atoms. The van der Waals surface area contributed by atoms with E-state index >= 15 is 0 Å². The Morgan fingerprint density at radius 1 is 1.14 bits per heavy atom. The Labute approximate surface area is 200 Å². The summed E-state index contributed by atoms with van der Waals surface area (Å²) in [5.41, 5.74) is -0.103. The fraction of sp³-hybridized carbons (Fsp3) is 0.375. The number of nitriles is 1. The molecule has 0 bridgehead atoms. The molecule has 0 N–H and O–H groups in total. The molecule has 1 aliphatic rings. The van der Waals surface area contributed by atoms with Gasteiger partial charge in [-0.1, -0.05) is 24.3 Å². The molecule has 11 heteroatoms. The smallest absolute Gasteiger partial charge is 0.343 e. The predicted molar refractivity (Wildman–Crippen MR) is 122 cm³/mol. The highest BCUT2D eigenvalue weighted by molar-refractivity contribution is 7.52. The monoisotopic (exact) mass is 516 g/mol. The molecule has 0 radical (unpaired) electrons. The van der Waals surface area contributed by atoms with Gasteiger partial charge in [-0.05, 0) is 44.1 Å². The number of allylic oxidation sites excluding steroid dienone is 5. The van der Waals surface area contributed by atoms with E-state index in [0.717, 1.165) is 6.08 Å². The summed E-state index contributed by atoms with van der Waals surface area (Å²) in [6, 6.07) is 9.05. The number of rotatable bonds is 8. The highest BCUT2D eigenvalue weighted by atomic mass is 31.2. The Bertz CT molecular complexity index is 1180. The largest absolute Gasteiger partial charge is 0.416 e. The predicted octanol–water partition coefficient (Wildman–Crippen LogP) is 7.89. The van der Waals surface area contributed by atoms with E-state index in [-0.39, 0.29) is 23.5 Å². The number of fused-ring (bicyclic) bond motifs is 1. The summed E-state index contributed by atoms with van der Waals surface area (Å²) in [6.07, 6.45) is -6.01. The minimum atomic E-state index is -4.89. The van der Waals surface area contributed by atoms with Gasteiger partial charge in [0.2, 0.25) is 8.38 Å². The summed E-state index contributed by atoms with van der Waals surface area (Å²) in [6.45, 7) is 4.03. The average molecular weight is 516 g/mol. The quantitative estimate of drug-likeness (QED) is 0.204. The Hall–Kier alpha value is -2.60. The Morgan fingerprint density at radius 2 is 1.80 bits per heavy atom. The second-order valence-electron chi connectivity index (χ2n) is 7.74. The van der Waals surface area contributed by atoms with Crippen molar-refractivity contribution in [3.8, 4) is 6.07 Å². The van der Waals surface area contributed by atoms with Crippen molar-refractivity contribution in [3.05, 3.63) is 64.6 Å². The molecule has 188 valence electrons. The van der Waals surface area contributed by atoms with Crippen molar-refractivity contribution in [2.45, 2.75) is 39.2 Å². The van der Waals surface area contributed by atoms with E-state index in [9.17, 15) is 31.6 Å².